The highest BCUT2D eigenvalue weighted by Crippen LogP contribution is 2.43. The largest absolute Gasteiger partial charge is 0.472 e. The summed E-state index contributed by atoms with van der Waals surface area (Å²) in [5.41, 5.74) is 0. The lowest BCUT2D eigenvalue weighted by atomic mass is 10.0. The number of amides is 1. The first kappa shape index (κ1) is 77.7. The predicted molar refractivity (Wildman–Crippen MR) is 346 cm³/mol. The van der Waals surface area contributed by atoms with Gasteiger partial charge in [0.2, 0.25) is 5.91 Å². The number of esters is 1. The first-order chi connectivity index (χ1) is 38.9. The highest BCUT2D eigenvalue weighted by Gasteiger charge is 2.30. The molecule has 468 valence electrons. The van der Waals surface area contributed by atoms with Crippen LogP contribution in [-0.4, -0.2) is 74.3 Å². The van der Waals surface area contributed by atoms with Crippen LogP contribution in [0.2, 0.25) is 0 Å². The number of quaternary nitrogens is 1. The predicted octanol–water partition coefficient (Wildman–Crippen LogP) is 21.4. The van der Waals surface area contributed by atoms with Crippen LogP contribution in [0.1, 0.15) is 323 Å². The van der Waals surface area contributed by atoms with Crippen LogP contribution in [0.3, 0.4) is 0 Å². The van der Waals surface area contributed by atoms with Crippen molar-refractivity contribution in [2.24, 2.45) is 0 Å². The Morgan fingerprint density at radius 3 is 1.18 bits per heavy atom. The monoisotopic (exact) mass is 1140 g/mol. The van der Waals surface area contributed by atoms with E-state index in [0.717, 1.165) is 83.5 Å². The number of nitrogens with zero attached hydrogens (tertiary/aromatic N) is 1. The van der Waals surface area contributed by atoms with Gasteiger partial charge in [0.25, 0.3) is 0 Å². The van der Waals surface area contributed by atoms with Crippen molar-refractivity contribution in [2.45, 2.75) is 335 Å². The van der Waals surface area contributed by atoms with E-state index in [0.29, 0.717) is 17.4 Å². The van der Waals surface area contributed by atoms with E-state index in [-0.39, 0.29) is 31.5 Å². The number of rotatable bonds is 62. The van der Waals surface area contributed by atoms with E-state index in [4.69, 9.17) is 13.8 Å². The Kier molecular flexibility index (Phi) is 58.1. The molecule has 0 heterocycles. The Balaban J connectivity index is 5.15. The van der Waals surface area contributed by atoms with Gasteiger partial charge in [-0.3, -0.25) is 18.6 Å². The maximum Gasteiger partial charge on any atom is 0.472 e. The molecule has 0 aromatic heterocycles. The zero-order valence-corrected chi connectivity index (χ0v) is 54.5. The molecule has 2 N–H and O–H groups in total. The van der Waals surface area contributed by atoms with E-state index in [1.54, 1.807) is 0 Å². The molecule has 0 saturated heterocycles. The summed E-state index contributed by atoms with van der Waals surface area (Å²) in [4.78, 5) is 37.8. The van der Waals surface area contributed by atoms with Gasteiger partial charge in [-0.15, -0.1) is 0 Å². The SMILES string of the molecule is CCCCC/C=C\C/C=C\C/C=C\CCCCCCCCCCC(=O)OC(/C=C/CCCCCCCCCCCC)C(COP(=O)(O)OCC[N+](C)(C)C)NC(=O)CCCCCCCCCCCCC/C=C/CCCCCCCC. The number of hydrogen-bond acceptors (Lipinski definition) is 6. The van der Waals surface area contributed by atoms with Crippen LogP contribution in [0.4, 0.5) is 0 Å². The third-order valence-electron chi connectivity index (χ3n) is 15.2. The second-order valence-electron chi connectivity index (χ2n) is 24.3. The second-order valence-corrected chi connectivity index (χ2v) is 25.8. The van der Waals surface area contributed by atoms with Crippen molar-refractivity contribution >= 4 is 19.7 Å². The summed E-state index contributed by atoms with van der Waals surface area (Å²) in [6, 6.07) is -0.853. The van der Waals surface area contributed by atoms with Gasteiger partial charge in [0.15, 0.2) is 0 Å². The van der Waals surface area contributed by atoms with Gasteiger partial charge in [-0.25, -0.2) is 4.57 Å². The third-order valence-corrected chi connectivity index (χ3v) is 16.2. The van der Waals surface area contributed by atoms with E-state index in [1.165, 1.54) is 205 Å². The molecule has 80 heavy (non-hydrogen) atoms. The number of carbonyl (C=O) groups excluding carboxylic acids is 2. The van der Waals surface area contributed by atoms with Crippen LogP contribution in [0.15, 0.2) is 60.8 Å². The molecule has 3 unspecified atom stereocenters. The van der Waals surface area contributed by atoms with E-state index in [1.807, 2.05) is 33.3 Å². The lowest BCUT2D eigenvalue weighted by molar-refractivity contribution is -0.870. The lowest BCUT2D eigenvalue weighted by Crippen LogP contribution is -2.47. The molecule has 0 aliphatic rings. The van der Waals surface area contributed by atoms with Crippen LogP contribution in [0, 0.1) is 0 Å². The lowest BCUT2D eigenvalue weighted by Gasteiger charge is -2.27. The van der Waals surface area contributed by atoms with Crippen molar-refractivity contribution in [1.29, 1.82) is 0 Å². The van der Waals surface area contributed by atoms with Gasteiger partial charge in [-0.05, 0) is 96.0 Å². The Morgan fingerprint density at radius 2 is 0.762 bits per heavy atom. The molecule has 0 bridgehead atoms. The van der Waals surface area contributed by atoms with Crippen molar-refractivity contribution in [2.75, 3.05) is 40.9 Å². The molecule has 0 aromatic carbocycles. The fourth-order valence-electron chi connectivity index (χ4n) is 9.88. The summed E-state index contributed by atoms with van der Waals surface area (Å²) >= 11 is 0. The van der Waals surface area contributed by atoms with Crippen molar-refractivity contribution in [1.82, 2.24) is 5.32 Å². The molecule has 9 nitrogen and oxygen atoms in total. The van der Waals surface area contributed by atoms with Gasteiger partial charge in [-0.2, -0.15) is 0 Å². The van der Waals surface area contributed by atoms with Crippen LogP contribution < -0.4 is 5.32 Å². The second kappa shape index (κ2) is 59.9. The van der Waals surface area contributed by atoms with E-state index >= 15 is 0 Å². The highest BCUT2D eigenvalue weighted by molar-refractivity contribution is 7.47. The minimum atomic E-state index is -4.45. The molecule has 0 aliphatic carbocycles. The number of ether oxygens (including phenoxy) is 1. The average Bonchev–Trinajstić information content (AvgIpc) is 3.42. The van der Waals surface area contributed by atoms with Crippen LogP contribution >= 0.6 is 7.82 Å². The number of nitrogens with one attached hydrogen (secondary N) is 1. The van der Waals surface area contributed by atoms with E-state index < -0.39 is 20.0 Å². The van der Waals surface area contributed by atoms with Crippen molar-refractivity contribution in [3.63, 3.8) is 0 Å². The number of hydrogen-bond donors (Lipinski definition) is 2. The molecule has 0 rings (SSSR count). The smallest absolute Gasteiger partial charge is 0.456 e. The standard InChI is InChI=1S/C70H131N2O7P/c1-7-10-13-16-19-22-25-28-30-32-34-36-38-40-42-44-47-50-53-56-59-62-69(73)71-67(66-78-80(75,76)77-65-64-72(4,5)6)68(61-58-55-52-49-46-27-24-21-18-15-12-9-3)79-70(74)63-60-57-54-51-48-45-43-41-39-37-35-33-31-29-26-23-20-17-14-11-8-2/h20,23,28-31,35,37,58,61,67-68H,7-19,21-22,24-27,32-34,36,38-57,59-60,62-66H2,1-6H3,(H-,71,73,75,76)/p+1/b23-20-,30-28+,31-29-,37-35-,61-58+. The molecule has 0 aliphatic heterocycles. The maximum atomic E-state index is 13.6. The molecule has 0 radical (unpaired) electrons. The minimum Gasteiger partial charge on any atom is -0.456 e. The number of phosphoric ester groups is 1. The van der Waals surface area contributed by atoms with Crippen LogP contribution in [-0.2, 0) is 27.9 Å². The van der Waals surface area contributed by atoms with E-state index in [2.05, 4.69) is 74.7 Å². The minimum absolute atomic E-state index is 0.0385. The first-order valence-corrected chi connectivity index (χ1v) is 35.6. The molecule has 1 amide bonds. The summed E-state index contributed by atoms with van der Waals surface area (Å²) in [6.45, 7) is 7.01. The van der Waals surface area contributed by atoms with E-state index in [9.17, 15) is 19.0 Å². The Morgan fingerprint density at radius 1 is 0.438 bits per heavy atom. The number of allylic oxidation sites excluding steroid dienone is 9. The zero-order chi connectivity index (χ0) is 58.6. The normalized spacial score (nSPS) is 13.9. The van der Waals surface area contributed by atoms with Gasteiger partial charge >= 0.3 is 13.8 Å². The Hall–Kier alpha value is -2.29. The van der Waals surface area contributed by atoms with Crippen LogP contribution in [0.5, 0.6) is 0 Å². The Labute approximate surface area is 496 Å². The first-order valence-electron chi connectivity index (χ1n) is 34.1. The number of likely N-dealkylation sites (N-methyl/N-ethyl adjacent to an activating group) is 1. The summed E-state index contributed by atoms with van der Waals surface area (Å²) in [5, 5.41) is 3.07. The molecule has 3 atom stereocenters. The van der Waals surface area contributed by atoms with Gasteiger partial charge in [0, 0.05) is 12.8 Å². The van der Waals surface area contributed by atoms with Gasteiger partial charge in [-0.1, -0.05) is 275 Å². The fraction of sp³-hybridized carbons (Fsp3) is 0.829. The van der Waals surface area contributed by atoms with Gasteiger partial charge in [0.1, 0.15) is 19.3 Å². The summed E-state index contributed by atoms with van der Waals surface area (Å²) in [7, 11) is 1.50. The number of unbranched alkanes of at least 4 members (excludes halogenated alkanes) is 38. The quantitative estimate of drug-likeness (QED) is 0.0205. The number of carbonyl (C=O) groups is 2. The van der Waals surface area contributed by atoms with Gasteiger partial charge < -0.3 is 19.4 Å². The third kappa shape index (κ3) is 60.3. The maximum absolute atomic E-state index is 13.6. The van der Waals surface area contributed by atoms with Crippen molar-refractivity contribution in [3.8, 4) is 0 Å². The van der Waals surface area contributed by atoms with Gasteiger partial charge in [0.05, 0.1) is 33.8 Å². The van der Waals surface area contributed by atoms with Crippen molar-refractivity contribution < 1.29 is 37.3 Å². The summed E-state index contributed by atoms with van der Waals surface area (Å²) in [5.74, 6) is -0.504. The molecular weight excluding hydrogens is 1010 g/mol. The average molecular weight is 1140 g/mol. The highest BCUT2D eigenvalue weighted by atomic mass is 31.2. The zero-order valence-electron chi connectivity index (χ0n) is 53.6. The Bertz CT molecular complexity index is 1550. The molecule has 0 spiro atoms. The summed E-state index contributed by atoms with van der Waals surface area (Å²) in [6.07, 6.45) is 76.5. The molecule has 0 aromatic rings. The molecule has 0 saturated carbocycles. The molecular formula is C70H132N2O7P+. The topological polar surface area (TPSA) is 111 Å². The molecule has 10 heteroatoms. The summed E-state index contributed by atoms with van der Waals surface area (Å²) < 4.78 is 30.8. The molecule has 0 fully saturated rings. The fourth-order valence-corrected chi connectivity index (χ4v) is 10.6. The van der Waals surface area contributed by atoms with Crippen molar-refractivity contribution in [3.05, 3.63) is 60.8 Å². The van der Waals surface area contributed by atoms with Crippen LogP contribution in [0.25, 0.3) is 0 Å². The number of phosphoric acid groups is 1.